The molecule has 222 valence electrons. The highest BCUT2D eigenvalue weighted by molar-refractivity contribution is 5.96. The van der Waals surface area contributed by atoms with E-state index in [-0.39, 0.29) is 29.1 Å². The third-order valence-corrected chi connectivity index (χ3v) is 8.97. The van der Waals surface area contributed by atoms with E-state index >= 15 is 0 Å². The average molecular weight is 577 g/mol. The lowest BCUT2D eigenvalue weighted by Gasteiger charge is -2.52. The van der Waals surface area contributed by atoms with Gasteiger partial charge in [-0.1, -0.05) is 31.5 Å². The predicted octanol–water partition coefficient (Wildman–Crippen LogP) is 2.26. The van der Waals surface area contributed by atoms with E-state index in [4.69, 9.17) is 11.1 Å². The quantitative estimate of drug-likeness (QED) is 0.285. The number of amidine groups is 1. The predicted molar refractivity (Wildman–Crippen MR) is 157 cm³/mol. The van der Waals surface area contributed by atoms with Gasteiger partial charge in [0.15, 0.2) is 0 Å². The normalized spacial score (nSPS) is 21.7. The topological polar surface area (TPSA) is 175 Å². The van der Waals surface area contributed by atoms with Crippen LogP contribution in [-0.4, -0.2) is 35.1 Å². The van der Waals surface area contributed by atoms with Crippen LogP contribution in [0.5, 0.6) is 5.88 Å². The van der Waals surface area contributed by atoms with E-state index < -0.39 is 46.2 Å². The van der Waals surface area contributed by atoms with Crippen LogP contribution in [-0.2, 0) is 6.54 Å². The van der Waals surface area contributed by atoms with Crippen LogP contribution in [0.25, 0.3) is 0 Å². The molecule has 12 heteroatoms. The van der Waals surface area contributed by atoms with Crippen molar-refractivity contribution in [3.05, 3.63) is 94.9 Å². The van der Waals surface area contributed by atoms with Gasteiger partial charge in [-0.05, 0) is 69.4 Å². The Bertz CT molecular complexity index is 1780. The molecule has 2 fully saturated rings. The van der Waals surface area contributed by atoms with Gasteiger partial charge in [-0.25, -0.2) is 9.59 Å². The third kappa shape index (κ3) is 4.84. The highest BCUT2D eigenvalue weighted by Gasteiger charge is 2.48. The number of nitrogens with two attached hydrogens (primary N) is 1. The molecule has 2 aliphatic carbocycles. The highest BCUT2D eigenvalue weighted by atomic mass is 16.3. The molecule has 0 unspecified atom stereocenters. The Hall–Kier alpha value is -4.48. The van der Waals surface area contributed by atoms with Crippen LogP contribution in [0.4, 0.5) is 0 Å². The Morgan fingerprint density at radius 2 is 1.67 bits per heavy atom. The lowest BCUT2D eigenvalue weighted by atomic mass is 9.57. The lowest BCUT2D eigenvalue weighted by Crippen LogP contribution is -2.51. The van der Waals surface area contributed by atoms with E-state index in [1.807, 2.05) is 6.92 Å². The summed E-state index contributed by atoms with van der Waals surface area (Å²) >= 11 is 0. The molecular weight excluding hydrogens is 540 g/mol. The van der Waals surface area contributed by atoms with Gasteiger partial charge in [0.2, 0.25) is 5.88 Å². The monoisotopic (exact) mass is 576 g/mol. The van der Waals surface area contributed by atoms with Crippen molar-refractivity contribution in [3.8, 4) is 5.88 Å². The van der Waals surface area contributed by atoms with E-state index in [1.165, 1.54) is 10.8 Å². The van der Waals surface area contributed by atoms with E-state index in [0.717, 1.165) is 15.6 Å². The number of unbranched alkanes of at least 4 members (excludes halogenated alkanes) is 1. The van der Waals surface area contributed by atoms with Gasteiger partial charge in [0.1, 0.15) is 11.4 Å². The van der Waals surface area contributed by atoms with Crippen LogP contribution in [0.3, 0.4) is 0 Å². The Balaban J connectivity index is 1.37. The Labute approximate surface area is 241 Å². The maximum absolute atomic E-state index is 13.4. The lowest BCUT2D eigenvalue weighted by molar-refractivity contribution is 0.00516. The minimum atomic E-state index is -0.752. The van der Waals surface area contributed by atoms with Gasteiger partial charge in [0.25, 0.3) is 17.0 Å². The summed E-state index contributed by atoms with van der Waals surface area (Å²) in [6.07, 6.45) is 6.75. The molecule has 1 aromatic carbocycles. The van der Waals surface area contributed by atoms with Gasteiger partial charge in [-0.3, -0.25) is 33.5 Å². The van der Waals surface area contributed by atoms with Crippen molar-refractivity contribution in [2.45, 2.75) is 83.8 Å². The molecule has 2 heterocycles. The van der Waals surface area contributed by atoms with Crippen molar-refractivity contribution in [2.24, 2.45) is 11.1 Å². The van der Waals surface area contributed by atoms with Crippen LogP contribution in [0.15, 0.2) is 55.7 Å². The third-order valence-electron chi connectivity index (χ3n) is 8.97. The Morgan fingerprint density at radius 3 is 2.26 bits per heavy atom. The molecule has 1 spiro atoms. The van der Waals surface area contributed by atoms with Crippen molar-refractivity contribution in [2.75, 3.05) is 0 Å². The summed E-state index contributed by atoms with van der Waals surface area (Å²) in [4.78, 5) is 65.8. The number of hydrogen-bond acceptors (Lipinski definition) is 7. The van der Waals surface area contributed by atoms with Gasteiger partial charge < -0.3 is 10.8 Å². The highest BCUT2D eigenvalue weighted by Crippen LogP contribution is 2.57. The second kappa shape index (κ2) is 11.1. The van der Waals surface area contributed by atoms with Crippen LogP contribution < -0.4 is 28.2 Å². The van der Waals surface area contributed by atoms with Crippen molar-refractivity contribution in [1.82, 2.24) is 18.3 Å². The molecule has 2 aromatic heterocycles. The smallest absolute Gasteiger partial charge is 0.338 e. The van der Waals surface area contributed by atoms with Gasteiger partial charge >= 0.3 is 11.4 Å². The molecule has 3 aromatic rings. The maximum atomic E-state index is 13.4. The number of aromatic nitrogens is 4. The molecule has 0 atom stereocenters. The number of aryl methyl sites for hydroxylation is 1. The number of aromatic hydroxyl groups is 1. The first kappa shape index (κ1) is 29.0. The summed E-state index contributed by atoms with van der Waals surface area (Å²) in [6, 6.07) is 7.63. The summed E-state index contributed by atoms with van der Waals surface area (Å²) in [6.45, 7) is 3.75. The summed E-state index contributed by atoms with van der Waals surface area (Å²) in [5.74, 6) is -1.81. The first-order chi connectivity index (χ1) is 20.0. The SMILES string of the molecule is CCCCn1c(O)c(C(=N)N)c(=O)n(C2CCC3(CC2)CC(n2cc(C)c(=O)n(C(=O)c4ccccc4)c2=O)C3)c1=O. The molecule has 4 N–H and O–H groups in total. The van der Waals surface area contributed by atoms with E-state index in [0.29, 0.717) is 55.1 Å². The minimum Gasteiger partial charge on any atom is -0.494 e. The van der Waals surface area contributed by atoms with Gasteiger partial charge in [0, 0.05) is 36.0 Å². The van der Waals surface area contributed by atoms with Crippen LogP contribution >= 0.6 is 0 Å². The molecule has 0 bridgehead atoms. The minimum absolute atomic E-state index is 0.0932. The number of benzene rings is 1. The molecule has 2 aliphatic rings. The van der Waals surface area contributed by atoms with Gasteiger partial charge in [-0.2, -0.15) is 4.57 Å². The van der Waals surface area contributed by atoms with E-state index in [9.17, 15) is 29.1 Å². The van der Waals surface area contributed by atoms with Gasteiger partial charge in [0.05, 0.1) is 0 Å². The average Bonchev–Trinajstić information content (AvgIpc) is 2.94. The molecule has 42 heavy (non-hydrogen) atoms. The van der Waals surface area contributed by atoms with Crippen molar-refractivity contribution in [3.63, 3.8) is 0 Å². The number of carbonyl (C=O) groups excluding carboxylic acids is 1. The molecule has 12 nitrogen and oxygen atoms in total. The number of nitrogens with zero attached hydrogens (tertiary/aromatic N) is 4. The van der Waals surface area contributed by atoms with Crippen LogP contribution in [0.1, 0.15) is 91.9 Å². The molecule has 5 rings (SSSR count). The van der Waals surface area contributed by atoms with Crippen molar-refractivity contribution in [1.29, 1.82) is 5.41 Å². The number of hydrogen-bond donors (Lipinski definition) is 3. The van der Waals surface area contributed by atoms with E-state index in [2.05, 4.69) is 0 Å². The summed E-state index contributed by atoms with van der Waals surface area (Å²) < 4.78 is 4.48. The Morgan fingerprint density at radius 1 is 1.02 bits per heavy atom. The van der Waals surface area contributed by atoms with Gasteiger partial charge in [-0.15, -0.1) is 0 Å². The summed E-state index contributed by atoms with van der Waals surface area (Å²) in [5.41, 5.74) is 3.09. The number of rotatable bonds is 7. The van der Waals surface area contributed by atoms with E-state index in [1.54, 1.807) is 37.3 Å². The molecule has 0 amide bonds. The fourth-order valence-corrected chi connectivity index (χ4v) is 6.60. The second-order valence-corrected chi connectivity index (χ2v) is 11.7. The van der Waals surface area contributed by atoms with Crippen molar-refractivity contribution < 1.29 is 9.90 Å². The zero-order valence-electron chi connectivity index (χ0n) is 23.8. The largest absolute Gasteiger partial charge is 0.494 e. The first-order valence-electron chi connectivity index (χ1n) is 14.4. The standard InChI is InChI=1S/C30H36N6O6/c1-3-4-14-33-26(39)22(23(31)32)27(40)35(28(33)41)20-10-12-30(13-11-20)15-21(16-30)34-17-18(2)24(37)36(29(34)42)25(38)19-8-6-5-7-9-19/h5-9,17,20-21,39H,3-4,10-16H2,1-2H3,(H3,31,32). The summed E-state index contributed by atoms with van der Waals surface area (Å²) in [5, 5.41) is 18.4. The molecule has 2 saturated carbocycles. The first-order valence-corrected chi connectivity index (χ1v) is 14.4. The molecule has 0 aliphatic heterocycles. The van der Waals surface area contributed by atoms with Crippen molar-refractivity contribution >= 4 is 11.7 Å². The molecule has 0 radical (unpaired) electrons. The van der Waals surface area contributed by atoms with Crippen LogP contribution in [0.2, 0.25) is 0 Å². The number of nitrogen functional groups attached to an aromatic ring is 1. The molecule has 0 saturated heterocycles. The fraction of sp³-hybridized carbons (Fsp3) is 0.467. The zero-order valence-corrected chi connectivity index (χ0v) is 23.8. The fourth-order valence-electron chi connectivity index (χ4n) is 6.60. The Kier molecular flexibility index (Phi) is 7.65. The van der Waals surface area contributed by atoms with Crippen LogP contribution in [0, 0.1) is 17.7 Å². The second-order valence-electron chi connectivity index (χ2n) is 11.7. The maximum Gasteiger partial charge on any atom is 0.338 e. The zero-order chi connectivity index (χ0) is 30.3. The number of nitrogens with one attached hydrogen (secondary N) is 1. The number of carbonyl (C=O) groups is 1. The molecular formula is C30H36N6O6. The summed E-state index contributed by atoms with van der Waals surface area (Å²) in [7, 11) is 0.